The van der Waals surface area contributed by atoms with Crippen molar-refractivity contribution in [3.63, 3.8) is 0 Å². The van der Waals surface area contributed by atoms with Gasteiger partial charge in [0.25, 0.3) is 0 Å². The van der Waals surface area contributed by atoms with Crippen LogP contribution in [0.2, 0.25) is 5.02 Å². The molecule has 0 unspecified atom stereocenters. The second-order valence-electron chi connectivity index (χ2n) is 4.19. The van der Waals surface area contributed by atoms with Crippen molar-refractivity contribution in [3.05, 3.63) is 22.7 Å². The third-order valence-electron chi connectivity index (χ3n) is 2.53. The number of hydrogen-bond donors (Lipinski definition) is 1. The summed E-state index contributed by atoms with van der Waals surface area (Å²) in [6, 6.07) is 3.26. The first-order valence-electron chi connectivity index (χ1n) is 6.08. The van der Waals surface area contributed by atoms with Gasteiger partial charge in [-0.3, -0.25) is 0 Å². The molecule has 7 heteroatoms. The van der Waals surface area contributed by atoms with Gasteiger partial charge in [0, 0.05) is 29.6 Å². The van der Waals surface area contributed by atoms with Gasteiger partial charge in [0.1, 0.15) is 0 Å². The molecule has 0 aliphatic rings. The summed E-state index contributed by atoms with van der Waals surface area (Å²) in [6.07, 6.45) is -5.14. The maximum Gasteiger partial charge on any atom is 0.389 e. The molecule has 1 aromatic carbocycles. The topological polar surface area (TPSA) is 30.5 Å². The van der Waals surface area contributed by atoms with E-state index in [4.69, 9.17) is 21.1 Å². The van der Waals surface area contributed by atoms with Crippen molar-refractivity contribution >= 4 is 11.6 Å². The van der Waals surface area contributed by atoms with Crippen molar-refractivity contribution in [2.45, 2.75) is 25.6 Å². The first-order valence-corrected chi connectivity index (χ1v) is 6.45. The van der Waals surface area contributed by atoms with Crippen LogP contribution < -0.4 is 14.8 Å². The molecule has 0 saturated heterocycles. The van der Waals surface area contributed by atoms with Gasteiger partial charge >= 0.3 is 6.18 Å². The fraction of sp³-hybridized carbons (Fsp3) is 0.538. The minimum Gasteiger partial charge on any atom is -0.493 e. The SMILES string of the molecule is CNCc1cc(Cl)cc(OC)c1OCCCC(F)(F)F. The Bertz CT molecular complexity index is 438. The van der Waals surface area contributed by atoms with E-state index >= 15 is 0 Å². The molecule has 0 heterocycles. The molecule has 1 rings (SSSR count). The zero-order valence-corrected chi connectivity index (χ0v) is 12.1. The van der Waals surface area contributed by atoms with Crippen LogP contribution in [0.5, 0.6) is 11.5 Å². The van der Waals surface area contributed by atoms with E-state index in [0.717, 1.165) is 5.56 Å². The summed E-state index contributed by atoms with van der Waals surface area (Å²) < 4.78 is 46.8. The second kappa shape index (κ2) is 7.59. The van der Waals surface area contributed by atoms with Crippen LogP contribution in [0.25, 0.3) is 0 Å². The Hall–Kier alpha value is -1.14. The summed E-state index contributed by atoms with van der Waals surface area (Å²) in [6.45, 7) is 0.444. The number of nitrogens with one attached hydrogen (secondary N) is 1. The van der Waals surface area contributed by atoms with Gasteiger partial charge in [0.2, 0.25) is 0 Å². The molecule has 0 saturated carbocycles. The van der Waals surface area contributed by atoms with E-state index in [-0.39, 0.29) is 13.0 Å². The number of rotatable bonds is 7. The Morgan fingerprint density at radius 2 is 2.00 bits per heavy atom. The average Bonchev–Trinajstić information content (AvgIpc) is 2.35. The van der Waals surface area contributed by atoms with Crippen molar-refractivity contribution in [1.29, 1.82) is 0 Å². The molecule has 0 fully saturated rings. The van der Waals surface area contributed by atoms with Gasteiger partial charge < -0.3 is 14.8 Å². The average molecular weight is 312 g/mol. The quantitative estimate of drug-likeness (QED) is 0.777. The lowest BCUT2D eigenvalue weighted by molar-refractivity contribution is -0.136. The molecule has 0 aliphatic heterocycles. The normalized spacial score (nSPS) is 11.5. The van der Waals surface area contributed by atoms with Crippen LogP contribution in [0.1, 0.15) is 18.4 Å². The highest BCUT2D eigenvalue weighted by Crippen LogP contribution is 2.35. The number of ether oxygens (including phenoxy) is 2. The summed E-state index contributed by atoms with van der Waals surface area (Å²) >= 11 is 5.95. The Kier molecular flexibility index (Phi) is 6.42. The van der Waals surface area contributed by atoms with Crippen molar-refractivity contribution in [2.75, 3.05) is 20.8 Å². The molecule has 0 amide bonds. The zero-order valence-electron chi connectivity index (χ0n) is 11.3. The van der Waals surface area contributed by atoms with Gasteiger partial charge in [-0.2, -0.15) is 13.2 Å². The third kappa shape index (κ3) is 5.46. The molecule has 3 nitrogen and oxygen atoms in total. The molecule has 1 N–H and O–H groups in total. The second-order valence-corrected chi connectivity index (χ2v) is 4.63. The summed E-state index contributed by atoms with van der Waals surface area (Å²) in [5.41, 5.74) is 0.740. The molecule has 1 aromatic rings. The maximum atomic E-state index is 12.1. The number of benzene rings is 1. The lowest BCUT2D eigenvalue weighted by atomic mass is 10.2. The lowest BCUT2D eigenvalue weighted by Gasteiger charge is -2.16. The number of methoxy groups -OCH3 is 1. The van der Waals surface area contributed by atoms with Gasteiger partial charge in [0.05, 0.1) is 13.7 Å². The van der Waals surface area contributed by atoms with E-state index in [1.807, 2.05) is 0 Å². The summed E-state index contributed by atoms with van der Waals surface area (Å²) in [7, 11) is 3.21. The van der Waals surface area contributed by atoms with Gasteiger partial charge in [0.15, 0.2) is 11.5 Å². The fourth-order valence-electron chi connectivity index (χ4n) is 1.71. The predicted molar refractivity (Wildman–Crippen MR) is 71.6 cm³/mol. The Morgan fingerprint density at radius 3 is 2.55 bits per heavy atom. The first kappa shape index (κ1) is 16.9. The summed E-state index contributed by atoms with van der Waals surface area (Å²) in [5.74, 6) is 0.836. The fourth-order valence-corrected chi connectivity index (χ4v) is 1.94. The van der Waals surface area contributed by atoms with Crippen molar-refractivity contribution in [3.8, 4) is 11.5 Å². The Balaban J connectivity index is 2.76. The van der Waals surface area contributed by atoms with E-state index in [2.05, 4.69) is 5.32 Å². The molecule has 0 aromatic heterocycles. The van der Waals surface area contributed by atoms with Crippen LogP contribution in [0.15, 0.2) is 12.1 Å². The molecular weight excluding hydrogens is 295 g/mol. The highest BCUT2D eigenvalue weighted by molar-refractivity contribution is 6.30. The van der Waals surface area contributed by atoms with Gasteiger partial charge in [-0.1, -0.05) is 11.6 Å². The van der Waals surface area contributed by atoms with E-state index in [1.165, 1.54) is 7.11 Å². The number of hydrogen-bond acceptors (Lipinski definition) is 3. The van der Waals surface area contributed by atoms with Crippen molar-refractivity contribution in [2.24, 2.45) is 0 Å². The van der Waals surface area contributed by atoms with Crippen LogP contribution in [-0.4, -0.2) is 26.9 Å². The van der Waals surface area contributed by atoms with Crippen LogP contribution >= 0.6 is 11.6 Å². The van der Waals surface area contributed by atoms with Crippen LogP contribution in [-0.2, 0) is 6.54 Å². The monoisotopic (exact) mass is 311 g/mol. The van der Waals surface area contributed by atoms with Crippen LogP contribution in [0.4, 0.5) is 13.2 Å². The van der Waals surface area contributed by atoms with E-state index < -0.39 is 12.6 Å². The predicted octanol–water partition coefficient (Wildman–Crippen LogP) is 3.79. The minimum atomic E-state index is -4.17. The molecule has 0 spiro atoms. The number of halogens is 4. The molecule has 114 valence electrons. The van der Waals surface area contributed by atoms with Gasteiger partial charge in [-0.05, 0) is 19.5 Å². The Morgan fingerprint density at radius 1 is 1.30 bits per heavy atom. The van der Waals surface area contributed by atoms with E-state index in [0.29, 0.717) is 23.1 Å². The van der Waals surface area contributed by atoms with E-state index in [1.54, 1.807) is 19.2 Å². The molecule has 0 radical (unpaired) electrons. The summed E-state index contributed by atoms with van der Waals surface area (Å²) in [5, 5.41) is 3.42. The summed E-state index contributed by atoms with van der Waals surface area (Å²) in [4.78, 5) is 0. The van der Waals surface area contributed by atoms with Gasteiger partial charge in [-0.15, -0.1) is 0 Å². The lowest BCUT2D eigenvalue weighted by Crippen LogP contribution is -2.12. The smallest absolute Gasteiger partial charge is 0.389 e. The van der Waals surface area contributed by atoms with E-state index in [9.17, 15) is 13.2 Å². The first-order chi connectivity index (χ1) is 9.37. The largest absolute Gasteiger partial charge is 0.493 e. The standard InChI is InChI=1S/C13H17ClF3NO2/c1-18-8-9-6-10(14)7-11(19-2)12(9)20-5-3-4-13(15,16)17/h6-7,18H,3-5,8H2,1-2H3. The van der Waals surface area contributed by atoms with Crippen LogP contribution in [0, 0.1) is 0 Å². The molecule has 0 aliphatic carbocycles. The zero-order chi connectivity index (χ0) is 15.2. The molecule has 20 heavy (non-hydrogen) atoms. The Labute approximate surface area is 121 Å². The third-order valence-corrected chi connectivity index (χ3v) is 2.75. The maximum absolute atomic E-state index is 12.1. The van der Waals surface area contributed by atoms with Crippen molar-refractivity contribution < 1.29 is 22.6 Å². The molecule has 0 atom stereocenters. The highest BCUT2D eigenvalue weighted by atomic mass is 35.5. The van der Waals surface area contributed by atoms with Gasteiger partial charge in [-0.25, -0.2) is 0 Å². The number of alkyl halides is 3. The van der Waals surface area contributed by atoms with Crippen LogP contribution in [0.3, 0.4) is 0 Å². The minimum absolute atomic E-state index is 0.0335. The molecule has 0 bridgehead atoms. The molecular formula is C13H17ClF3NO2. The highest BCUT2D eigenvalue weighted by Gasteiger charge is 2.26. The van der Waals surface area contributed by atoms with Crippen molar-refractivity contribution in [1.82, 2.24) is 5.32 Å².